The smallest absolute Gasteiger partial charge is 0.226 e. The predicted octanol–water partition coefficient (Wildman–Crippen LogP) is 2.08. The second kappa shape index (κ2) is 5.12. The van der Waals surface area contributed by atoms with Gasteiger partial charge in [-0.05, 0) is 24.6 Å². The Morgan fingerprint density at radius 2 is 2.29 bits per heavy atom. The van der Waals surface area contributed by atoms with Crippen LogP contribution in [-0.2, 0) is 4.79 Å². The van der Waals surface area contributed by atoms with Crippen LogP contribution in [0.5, 0.6) is 0 Å². The molecule has 3 nitrogen and oxygen atoms in total. The third-order valence-corrected chi connectivity index (χ3v) is 2.65. The van der Waals surface area contributed by atoms with Crippen LogP contribution in [0.15, 0.2) is 22.7 Å². The molecule has 0 aliphatic rings. The van der Waals surface area contributed by atoms with E-state index in [1.54, 1.807) is 0 Å². The number of amides is 1. The number of hydrogen-bond donors (Lipinski definition) is 2. The van der Waals surface area contributed by atoms with Gasteiger partial charge in [0.25, 0.3) is 0 Å². The topological polar surface area (TPSA) is 49.3 Å². The number of benzene rings is 1. The minimum atomic E-state index is -0.178. The molecule has 0 saturated heterocycles. The van der Waals surface area contributed by atoms with Gasteiger partial charge in [-0.2, -0.15) is 0 Å². The maximum absolute atomic E-state index is 11.1. The van der Waals surface area contributed by atoms with Gasteiger partial charge in [0.1, 0.15) is 0 Å². The van der Waals surface area contributed by atoms with Crippen molar-refractivity contribution in [2.24, 2.45) is 0 Å². The summed E-state index contributed by atoms with van der Waals surface area (Å²) in [5.74, 6) is -0.178. The van der Waals surface area contributed by atoms with Crippen LogP contribution in [0.1, 0.15) is 12.0 Å². The molecule has 0 unspecified atom stereocenters. The van der Waals surface area contributed by atoms with E-state index in [-0.39, 0.29) is 18.9 Å². The second-order valence-corrected chi connectivity index (χ2v) is 3.84. The third kappa shape index (κ3) is 3.12. The van der Waals surface area contributed by atoms with Crippen LogP contribution in [0.2, 0.25) is 0 Å². The van der Waals surface area contributed by atoms with E-state index in [4.69, 9.17) is 5.11 Å². The first-order valence-electron chi connectivity index (χ1n) is 4.30. The predicted molar refractivity (Wildman–Crippen MR) is 59.2 cm³/mol. The van der Waals surface area contributed by atoms with Crippen LogP contribution in [0.3, 0.4) is 0 Å². The van der Waals surface area contributed by atoms with E-state index >= 15 is 0 Å². The van der Waals surface area contributed by atoms with Gasteiger partial charge in [-0.25, -0.2) is 0 Å². The van der Waals surface area contributed by atoms with Gasteiger partial charge < -0.3 is 10.4 Å². The summed E-state index contributed by atoms with van der Waals surface area (Å²) in [5.41, 5.74) is 1.85. The summed E-state index contributed by atoms with van der Waals surface area (Å²) in [6.45, 7) is 1.85. The first kappa shape index (κ1) is 11.2. The summed E-state index contributed by atoms with van der Waals surface area (Å²) in [6.07, 6.45) is 0.130. The Balaban J connectivity index is 2.68. The molecule has 1 rings (SSSR count). The fraction of sp³-hybridized carbons (Fsp3) is 0.300. The number of aryl methyl sites for hydroxylation is 1. The van der Waals surface area contributed by atoms with Gasteiger partial charge in [-0.1, -0.05) is 22.0 Å². The summed E-state index contributed by atoms with van der Waals surface area (Å²) in [5, 5.41) is 11.2. The first-order valence-corrected chi connectivity index (χ1v) is 5.09. The van der Waals surface area contributed by atoms with E-state index in [0.717, 1.165) is 15.7 Å². The highest BCUT2D eigenvalue weighted by atomic mass is 79.9. The van der Waals surface area contributed by atoms with Crippen LogP contribution in [0.25, 0.3) is 0 Å². The maximum atomic E-state index is 11.1. The quantitative estimate of drug-likeness (QED) is 0.872. The zero-order valence-electron chi connectivity index (χ0n) is 7.88. The molecule has 0 fully saturated rings. The number of carbonyl (C=O) groups is 1. The van der Waals surface area contributed by atoms with Gasteiger partial charge in [-0.3, -0.25) is 4.79 Å². The molecule has 1 aromatic rings. The van der Waals surface area contributed by atoms with Gasteiger partial charge in [0, 0.05) is 10.2 Å². The van der Waals surface area contributed by atoms with Crippen molar-refractivity contribution >= 4 is 27.5 Å². The molecule has 0 radical (unpaired) electrons. The number of aliphatic hydroxyl groups excluding tert-OH is 1. The van der Waals surface area contributed by atoms with Crippen molar-refractivity contribution in [1.82, 2.24) is 0 Å². The number of anilines is 1. The molecule has 0 aromatic heterocycles. The van der Waals surface area contributed by atoms with E-state index in [1.807, 2.05) is 25.1 Å². The fourth-order valence-corrected chi connectivity index (χ4v) is 1.37. The van der Waals surface area contributed by atoms with Gasteiger partial charge in [0.2, 0.25) is 5.91 Å². The summed E-state index contributed by atoms with van der Waals surface area (Å²) in [6, 6.07) is 5.58. The van der Waals surface area contributed by atoms with Crippen molar-refractivity contribution in [2.45, 2.75) is 13.3 Å². The minimum Gasteiger partial charge on any atom is -0.396 e. The number of hydrogen-bond acceptors (Lipinski definition) is 2. The summed E-state index contributed by atoms with van der Waals surface area (Å²) < 4.78 is 0.958. The molecular weight excluding hydrogens is 246 g/mol. The Labute approximate surface area is 91.3 Å². The number of carbonyl (C=O) groups excluding carboxylic acids is 1. The first-order chi connectivity index (χ1) is 6.63. The van der Waals surface area contributed by atoms with Gasteiger partial charge in [-0.15, -0.1) is 0 Å². The van der Waals surface area contributed by atoms with Crippen LogP contribution in [-0.4, -0.2) is 17.6 Å². The molecule has 2 N–H and O–H groups in total. The molecule has 0 bridgehead atoms. The zero-order valence-corrected chi connectivity index (χ0v) is 9.47. The highest BCUT2D eigenvalue weighted by Crippen LogP contribution is 2.20. The fourth-order valence-electron chi connectivity index (χ4n) is 0.996. The molecule has 0 saturated carbocycles. The molecule has 0 aliphatic carbocycles. The Morgan fingerprint density at radius 3 is 2.86 bits per heavy atom. The Kier molecular flexibility index (Phi) is 4.10. The minimum absolute atomic E-state index is 0.126. The van der Waals surface area contributed by atoms with E-state index < -0.39 is 0 Å². The normalized spacial score (nSPS) is 9.93. The standard InChI is InChI=1S/C10H12BrNO2/c1-7-2-3-8(6-9(7)11)12-10(14)4-5-13/h2-3,6,13H,4-5H2,1H3,(H,12,14). The van der Waals surface area contributed by atoms with Crippen LogP contribution >= 0.6 is 15.9 Å². The molecule has 76 valence electrons. The highest BCUT2D eigenvalue weighted by Gasteiger charge is 2.02. The third-order valence-electron chi connectivity index (χ3n) is 1.79. The lowest BCUT2D eigenvalue weighted by molar-refractivity contribution is -0.116. The molecular formula is C10H12BrNO2. The molecule has 0 atom stereocenters. The molecule has 14 heavy (non-hydrogen) atoms. The van der Waals surface area contributed by atoms with Crippen molar-refractivity contribution in [3.8, 4) is 0 Å². The van der Waals surface area contributed by atoms with Crippen LogP contribution < -0.4 is 5.32 Å². The molecule has 0 aliphatic heterocycles. The summed E-state index contributed by atoms with van der Waals surface area (Å²) >= 11 is 3.37. The molecule has 0 spiro atoms. The van der Waals surface area contributed by atoms with Crippen molar-refractivity contribution in [1.29, 1.82) is 0 Å². The van der Waals surface area contributed by atoms with E-state index in [2.05, 4.69) is 21.2 Å². The monoisotopic (exact) mass is 257 g/mol. The van der Waals surface area contributed by atoms with Crippen molar-refractivity contribution in [3.05, 3.63) is 28.2 Å². The SMILES string of the molecule is Cc1ccc(NC(=O)CCO)cc1Br. The van der Waals surface area contributed by atoms with Crippen LogP contribution in [0.4, 0.5) is 5.69 Å². The number of nitrogens with one attached hydrogen (secondary N) is 1. The van der Waals surface area contributed by atoms with Crippen molar-refractivity contribution in [2.75, 3.05) is 11.9 Å². The molecule has 1 aromatic carbocycles. The van der Waals surface area contributed by atoms with E-state index in [1.165, 1.54) is 0 Å². The van der Waals surface area contributed by atoms with Crippen LogP contribution in [0, 0.1) is 6.92 Å². The number of halogens is 1. The summed E-state index contributed by atoms with van der Waals surface area (Å²) in [4.78, 5) is 11.1. The van der Waals surface area contributed by atoms with Crippen molar-refractivity contribution in [3.63, 3.8) is 0 Å². The lowest BCUT2D eigenvalue weighted by Gasteiger charge is -2.05. The van der Waals surface area contributed by atoms with Gasteiger partial charge in [0.05, 0.1) is 13.0 Å². The average Bonchev–Trinajstić information content (AvgIpc) is 2.12. The summed E-state index contributed by atoms with van der Waals surface area (Å²) in [7, 11) is 0. The molecule has 0 heterocycles. The van der Waals surface area contributed by atoms with Crippen molar-refractivity contribution < 1.29 is 9.90 Å². The zero-order chi connectivity index (χ0) is 10.6. The number of rotatable bonds is 3. The molecule has 4 heteroatoms. The Hall–Kier alpha value is -0.870. The Morgan fingerprint density at radius 1 is 1.57 bits per heavy atom. The van der Waals surface area contributed by atoms with E-state index in [0.29, 0.717) is 0 Å². The van der Waals surface area contributed by atoms with E-state index in [9.17, 15) is 4.79 Å². The number of aliphatic hydroxyl groups is 1. The lowest BCUT2D eigenvalue weighted by atomic mass is 10.2. The van der Waals surface area contributed by atoms with Gasteiger partial charge in [0.15, 0.2) is 0 Å². The largest absolute Gasteiger partial charge is 0.396 e. The lowest BCUT2D eigenvalue weighted by Crippen LogP contribution is -2.12. The maximum Gasteiger partial charge on any atom is 0.226 e. The second-order valence-electron chi connectivity index (χ2n) is 2.99. The highest BCUT2D eigenvalue weighted by molar-refractivity contribution is 9.10. The molecule has 1 amide bonds. The average molecular weight is 258 g/mol. The Bertz CT molecular complexity index is 339. The van der Waals surface area contributed by atoms with Gasteiger partial charge >= 0.3 is 0 Å².